The molecule has 0 amide bonds. The highest BCUT2D eigenvalue weighted by atomic mass is 16.5. The molecule has 0 unspecified atom stereocenters. The van der Waals surface area contributed by atoms with Gasteiger partial charge in [0.15, 0.2) is 0 Å². The number of nitrogens with one attached hydrogen (secondary N) is 1. The zero-order valence-corrected chi connectivity index (χ0v) is 12.6. The first-order valence-corrected chi connectivity index (χ1v) is 7.68. The summed E-state index contributed by atoms with van der Waals surface area (Å²) in [5.74, 6) is 1.97. The average Bonchev–Trinajstić information content (AvgIpc) is 2.95. The standard InChI is InChI=1S/C18H23NO2/c1-15-7-8-17(21-15)13-19-14-18(9-11-20-12-10-18)16-5-3-2-4-6-16/h2-8,19H,9-14H2,1H3. The topological polar surface area (TPSA) is 34.4 Å². The van der Waals surface area contributed by atoms with Gasteiger partial charge >= 0.3 is 0 Å². The molecule has 3 heteroatoms. The lowest BCUT2D eigenvalue weighted by molar-refractivity contribution is 0.0496. The molecule has 0 spiro atoms. The van der Waals surface area contributed by atoms with E-state index in [0.29, 0.717) is 0 Å². The van der Waals surface area contributed by atoms with Crippen LogP contribution >= 0.6 is 0 Å². The van der Waals surface area contributed by atoms with Crippen molar-refractivity contribution in [3.05, 3.63) is 59.5 Å². The van der Waals surface area contributed by atoms with E-state index in [0.717, 1.165) is 50.7 Å². The van der Waals surface area contributed by atoms with E-state index in [1.165, 1.54) is 5.56 Å². The molecular formula is C18H23NO2. The van der Waals surface area contributed by atoms with Gasteiger partial charge in [-0.25, -0.2) is 0 Å². The van der Waals surface area contributed by atoms with E-state index in [2.05, 4.69) is 35.6 Å². The lowest BCUT2D eigenvalue weighted by atomic mass is 9.74. The lowest BCUT2D eigenvalue weighted by Gasteiger charge is -2.38. The molecule has 1 aromatic carbocycles. The molecule has 2 heterocycles. The molecule has 0 bridgehead atoms. The third-order valence-electron chi connectivity index (χ3n) is 4.39. The van der Waals surface area contributed by atoms with Crippen molar-refractivity contribution in [1.29, 1.82) is 0 Å². The Labute approximate surface area is 126 Å². The van der Waals surface area contributed by atoms with Crippen molar-refractivity contribution in [3.8, 4) is 0 Å². The number of hydrogen-bond donors (Lipinski definition) is 1. The summed E-state index contributed by atoms with van der Waals surface area (Å²) in [7, 11) is 0. The largest absolute Gasteiger partial charge is 0.465 e. The molecule has 1 aliphatic heterocycles. The van der Waals surface area contributed by atoms with Crippen molar-refractivity contribution in [2.45, 2.75) is 31.7 Å². The van der Waals surface area contributed by atoms with E-state index in [1.54, 1.807) is 0 Å². The van der Waals surface area contributed by atoms with Crippen molar-refractivity contribution < 1.29 is 9.15 Å². The van der Waals surface area contributed by atoms with Crippen LogP contribution in [0, 0.1) is 6.92 Å². The van der Waals surface area contributed by atoms with Crippen LogP contribution in [0.4, 0.5) is 0 Å². The van der Waals surface area contributed by atoms with Gasteiger partial charge in [-0.3, -0.25) is 0 Å². The lowest BCUT2D eigenvalue weighted by Crippen LogP contribution is -2.42. The third-order valence-corrected chi connectivity index (χ3v) is 4.39. The number of rotatable bonds is 5. The summed E-state index contributed by atoms with van der Waals surface area (Å²) in [6, 6.07) is 14.9. The van der Waals surface area contributed by atoms with Gasteiger partial charge in [-0.1, -0.05) is 30.3 Å². The summed E-state index contributed by atoms with van der Waals surface area (Å²) in [5.41, 5.74) is 1.60. The van der Waals surface area contributed by atoms with Crippen LogP contribution in [-0.4, -0.2) is 19.8 Å². The van der Waals surface area contributed by atoms with Gasteiger partial charge in [0.1, 0.15) is 11.5 Å². The van der Waals surface area contributed by atoms with E-state index < -0.39 is 0 Å². The Kier molecular flexibility index (Phi) is 4.42. The summed E-state index contributed by atoms with van der Waals surface area (Å²) in [6.07, 6.45) is 2.14. The quantitative estimate of drug-likeness (QED) is 0.914. The van der Waals surface area contributed by atoms with Gasteiger partial charge < -0.3 is 14.5 Å². The Morgan fingerprint density at radius 3 is 2.48 bits per heavy atom. The number of furan rings is 1. The van der Waals surface area contributed by atoms with Crippen LogP contribution < -0.4 is 5.32 Å². The highest BCUT2D eigenvalue weighted by Crippen LogP contribution is 2.34. The normalized spacial score (nSPS) is 17.8. The molecule has 1 fully saturated rings. The fourth-order valence-corrected chi connectivity index (χ4v) is 3.13. The Balaban J connectivity index is 1.68. The summed E-state index contributed by atoms with van der Waals surface area (Å²) < 4.78 is 11.2. The van der Waals surface area contributed by atoms with Crippen LogP contribution in [0.25, 0.3) is 0 Å². The molecule has 3 nitrogen and oxygen atoms in total. The SMILES string of the molecule is Cc1ccc(CNCC2(c3ccccc3)CCOCC2)o1. The van der Waals surface area contributed by atoms with Gasteiger partial charge in [0.05, 0.1) is 6.54 Å². The number of aryl methyl sites for hydroxylation is 1. The minimum atomic E-state index is 0.182. The minimum absolute atomic E-state index is 0.182. The maximum atomic E-state index is 5.62. The Bertz CT molecular complexity index is 556. The van der Waals surface area contributed by atoms with E-state index >= 15 is 0 Å². The van der Waals surface area contributed by atoms with Gasteiger partial charge in [-0.05, 0) is 37.5 Å². The first kappa shape index (κ1) is 14.4. The predicted octanol–water partition coefficient (Wildman–Crippen LogP) is 3.43. The van der Waals surface area contributed by atoms with E-state index in [4.69, 9.17) is 9.15 Å². The van der Waals surface area contributed by atoms with Crippen LogP contribution in [0.2, 0.25) is 0 Å². The minimum Gasteiger partial charge on any atom is -0.465 e. The molecule has 1 N–H and O–H groups in total. The number of benzene rings is 1. The van der Waals surface area contributed by atoms with E-state index in [-0.39, 0.29) is 5.41 Å². The van der Waals surface area contributed by atoms with Crippen molar-refractivity contribution in [3.63, 3.8) is 0 Å². The monoisotopic (exact) mass is 285 g/mol. The fraction of sp³-hybridized carbons (Fsp3) is 0.444. The second-order valence-corrected chi connectivity index (χ2v) is 5.87. The smallest absolute Gasteiger partial charge is 0.117 e. The summed E-state index contributed by atoms with van der Waals surface area (Å²) in [5, 5.41) is 3.57. The molecule has 0 saturated carbocycles. The Hall–Kier alpha value is -1.58. The molecular weight excluding hydrogens is 262 g/mol. The van der Waals surface area contributed by atoms with Gasteiger partial charge in [-0.15, -0.1) is 0 Å². The zero-order chi connectivity index (χ0) is 14.5. The average molecular weight is 285 g/mol. The summed E-state index contributed by atoms with van der Waals surface area (Å²) in [4.78, 5) is 0. The van der Waals surface area contributed by atoms with Gasteiger partial charge in [-0.2, -0.15) is 0 Å². The highest BCUT2D eigenvalue weighted by molar-refractivity contribution is 5.26. The molecule has 0 radical (unpaired) electrons. The molecule has 1 saturated heterocycles. The van der Waals surface area contributed by atoms with Crippen LogP contribution in [0.1, 0.15) is 29.9 Å². The molecule has 21 heavy (non-hydrogen) atoms. The van der Waals surface area contributed by atoms with Gasteiger partial charge in [0.2, 0.25) is 0 Å². The van der Waals surface area contributed by atoms with E-state index in [9.17, 15) is 0 Å². The molecule has 0 atom stereocenters. The third kappa shape index (κ3) is 3.36. The van der Waals surface area contributed by atoms with Crippen molar-refractivity contribution in [1.82, 2.24) is 5.32 Å². The first-order chi connectivity index (χ1) is 10.3. The first-order valence-electron chi connectivity index (χ1n) is 7.68. The van der Waals surface area contributed by atoms with Gasteiger partial charge in [0.25, 0.3) is 0 Å². The maximum absolute atomic E-state index is 5.62. The number of ether oxygens (including phenoxy) is 1. The summed E-state index contributed by atoms with van der Waals surface area (Å²) >= 11 is 0. The van der Waals surface area contributed by atoms with Crippen molar-refractivity contribution in [2.24, 2.45) is 0 Å². The molecule has 2 aromatic rings. The van der Waals surface area contributed by atoms with Crippen molar-refractivity contribution >= 4 is 0 Å². The summed E-state index contributed by atoms with van der Waals surface area (Å²) in [6.45, 7) is 5.41. The number of hydrogen-bond acceptors (Lipinski definition) is 3. The van der Waals surface area contributed by atoms with Crippen LogP contribution in [0.15, 0.2) is 46.9 Å². The van der Waals surface area contributed by atoms with Crippen LogP contribution in [-0.2, 0) is 16.7 Å². The highest BCUT2D eigenvalue weighted by Gasteiger charge is 2.33. The molecule has 3 rings (SSSR count). The predicted molar refractivity (Wildman–Crippen MR) is 83.3 cm³/mol. The molecule has 0 aliphatic carbocycles. The fourth-order valence-electron chi connectivity index (χ4n) is 3.13. The molecule has 112 valence electrons. The molecule has 1 aliphatic rings. The maximum Gasteiger partial charge on any atom is 0.117 e. The van der Waals surface area contributed by atoms with Crippen LogP contribution in [0.5, 0.6) is 0 Å². The Morgan fingerprint density at radius 1 is 1.05 bits per heavy atom. The van der Waals surface area contributed by atoms with Crippen molar-refractivity contribution in [2.75, 3.05) is 19.8 Å². The second kappa shape index (κ2) is 6.46. The zero-order valence-electron chi connectivity index (χ0n) is 12.6. The van der Waals surface area contributed by atoms with Gasteiger partial charge in [0, 0.05) is 25.2 Å². The Morgan fingerprint density at radius 2 is 1.81 bits per heavy atom. The van der Waals surface area contributed by atoms with Crippen LogP contribution in [0.3, 0.4) is 0 Å². The second-order valence-electron chi connectivity index (χ2n) is 5.87. The van der Waals surface area contributed by atoms with E-state index in [1.807, 2.05) is 19.1 Å². The molecule has 1 aromatic heterocycles.